The van der Waals surface area contributed by atoms with Crippen LogP contribution in [-0.2, 0) is 16.6 Å². The van der Waals surface area contributed by atoms with Crippen molar-refractivity contribution in [3.63, 3.8) is 0 Å². The van der Waals surface area contributed by atoms with Gasteiger partial charge in [0.2, 0.25) is 4.80 Å². The van der Waals surface area contributed by atoms with Crippen molar-refractivity contribution in [3.8, 4) is 0 Å². The van der Waals surface area contributed by atoms with Gasteiger partial charge in [0.25, 0.3) is 10.0 Å². The number of thiophene rings is 1. The van der Waals surface area contributed by atoms with Gasteiger partial charge in [-0.3, -0.25) is 0 Å². The maximum Gasteiger partial charge on any atom is 0.294 e. The van der Waals surface area contributed by atoms with Crippen LogP contribution in [0.15, 0.2) is 44.3 Å². The fraction of sp³-hybridized carbons (Fsp3) is 0.312. The van der Waals surface area contributed by atoms with Crippen molar-refractivity contribution in [1.29, 1.82) is 0 Å². The third-order valence-corrected chi connectivity index (χ3v) is 7.43. The zero-order valence-electron chi connectivity index (χ0n) is 13.2. The molecule has 0 radical (unpaired) electrons. The topological polar surface area (TPSA) is 51.4 Å². The number of fused-ring (bicyclic) bond motifs is 1. The Balaban J connectivity index is 2.23. The molecule has 7 heteroatoms. The third kappa shape index (κ3) is 3.13. The lowest BCUT2D eigenvalue weighted by molar-refractivity contribution is 0.597. The Labute approximate surface area is 143 Å². The van der Waals surface area contributed by atoms with Crippen LogP contribution in [0.1, 0.15) is 32.3 Å². The summed E-state index contributed by atoms with van der Waals surface area (Å²) in [4.78, 5) is 0.525. The quantitative estimate of drug-likeness (QED) is 0.695. The van der Waals surface area contributed by atoms with Gasteiger partial charge in [0.1, 0.15) is 4.21 Å². The number of aryl methyl sites for hydroxylation is 1. The third-order valence-electron chi connectivity index (χ3n) is 3.64. The van der Waals surface area contributed by atoms with E-state index in [0.29, 0.717) is 17.3 Å². The predicted octanol–water partition coefficient (Wildman–Crippen LogP) is 4.20. The second kappa shape index (κ2) is 6.22. The first kappa shape index (κ1) is 16.4. The van der Waals surface area contributed by atoms with E-state index in [1.165, 1.54) is 28.2 Å². The molecule has 0 N–H and O–H groups in total. The molecule has 122 valence electrons. The van der Waals surface area contributed by atoms with Crippen molar-refractivity contribution in [2.45, 2.75) is 37.4 Å². The van der Waals surface area contributed by atoms with E-state index >= 15 is 0 Å². The molecule has 0 spiro atoms. The molecule has 4 nitrogen and oxygen atoms in total. The van der Waals surface area contributed by atoms with Crippen molar-refractivity contribution < 1.29 is 8.42 Å². The smallest absolute Gasteiger partial charge is 0.294 e. The molecule has 0 bridgehead atoms. The molecule has 23 heavy (non-hydrogen) atoms. The summed E-state index contributed by atoms with van der Waals surface area (Å²) in [6, 6.07) is 9.60. The summed E-state index contributed by atoms with van der Waals surface area (Å²) in [6.07, 6.45) is 0. The molecular formula is C16H18N2O2S3. The highest BCUT2D eigenvalue weighted by Gasteiger charge is 2.15. The number of hydrogen-bond acceptors (Lipinski definition) is 4. The van der Waals surface area contributed by atoms with Crippen molar-refractivity contribution in [3.05, 3.63) is 46.1 Å². The van der Waals surface area contributed by atoms with Crippen molar-refractivity contribution in [1.82, 2.24) is 4.57 Å². The molecule has 1 aromatic carbocycles. The van der Waals surface area contributed by atoms with Gasteiger partial charge in [-0.15, -0.1) is 15.7 Å². The molecule has 0 saturated carbocycles. The Hall–Kier alpha value is -1.44. The second-order valence-electron chi connectivity index (χ2n) is 5.51. The maximum atomic E-state index is 12.4. The van der Waals surface area contributed by atoms with E-state index < -0.39 is 10.0 Å². The van der Waals surface area contributed by atoms with Crippen molar-refractivity contribution in [2.24, 2.45) is 4.40 Å². The Morgan fingerprint density at radius 2 is 2.04 bits per heavy atom. The lowest BCUT2D eigenvalue weighted by Crippen LogP contribution is -2.15. The number of hydrogen-bond donors (Lipinski definition) is 0. The number of sulfonamides is 1. The minimum atomic E-state index is -3.64. The van der Waals surface area contributed by atoms with E-state index in [0.717, 1.165) is 10.2 Å². The summed E-state index contributed by atoms with van der Waals surface area (Å²) in [5.41, 5.74) is 2.27. The highest BCUT2D eigenvalue weighted by Crippen LogP contribution is 2.24. The lowest BCUT2D eigenvalue weighted by Gasteiger charge is -2.05. The van der Waals surface area contributed by atoms with Crippen molar-refractivity contribution >= 4 is 42.9 Å². The predicted molar refractivity (Wildman–Crippen MR) is 96.6 cm³/mol. The average molecular weight is 367 g/mol. The van der Waals surface area contributed by atoms with Gasteiger partial charge in [-0.2, -0.15) is 8.42 Å². The molecule has 3 rings (SSSR count). The molecule has 0 aliphatic rings. The fourth-order valence-corrected chi connectivity index (χ4v) is 5.70. The van der Waals surface area contributed by atoms with Gasteiger partial charge in [0.05, 0.1) is 10.2 Å². The maximum absolute atomic E-state index is 12.4. The van der Waals surface area contributed by atoms with Crippen LogP contribution in [0.4, 0.5) is 0 Å². The van der Waals surface area contributed by atoms with Crippen LogP contribution in [0.3, 0.4) is 0 Å². The van der Waals surface area contributed by atoms with E-state index in [2.05, 4.69) is 36.4 Å². The van der Waals surface area contributed by atoms with E-state index in [-0.39, 0.29) is 4.21 Å². The molecule has 0 fully saturated rings. The molecule has 0 unspecified atom stereocenters. The first-order chi connectivity index (χ1) is 10.9. The van der Waals surface area contributed by atoms with E-state index in [1.807, 2.05) is 11.5 Å². The van der Waals surface area contributed by atoms with E-state index in [4.69, 9.17) is 0 Å². The molecule has 2 heterocycles. The van der Waals surface area contributed by atoms with Crippen LogP contribution in [0.2, 0.25) is 0 Å². The number of benzene rings is 1. The van der Waals surface area contributed by atoms with Gasteiger partial charge in [0.15, 0.2) is 0 Å². The minimum absolute atomic E-state index is 0.278. The largest absolute Gasteiger partial charge is 0.316 e. The first-order valence-electron chi connectivity index (χ1n) is 7.40. The molecule has 3 aromatic rings. The Bertz CT molecular complexity index is 994. The van der Waals surface area contributed by atoms with Crippen LogP contribution < -0.4 is 4.80 Å². The number of thiazole rings is 1. The zero-order chi connectivity index (χ0) is 16.6. The van der Waals surface area contributed by atoms with Gasteiger partial charge in [-0.25, -0.2) is 0 Å². The molecular weight excluding hydrogens is 348 g/mol. The average Bonchev–Trinajstić information content (AvgIpc) is 3.13. The fourth-order valence-electron chi connectivity index (χ4n) is 2.38. The van der Waals surface area contributed by atoms with E-state index in [9.17, 15) is 8.42 Å². The molecule has 0 aliphatic carbocycles. The van der Waals surface area contributed by atoms with Gasteiger partial charge in [-0.1, -0.05) is 37.3 Å². The summed E-state index contributed by atoms with van der Waals surface area (Å²) in [5.74, 6) is 0.437. The molecule has 0 aliphatic heterocycles. The molecule has 0 atom stereocenters. The SMILES string of the molecule is CCn1c(=NS(=O)(=O)c2cccs2)sc2cc(C(C)C)ccc21. The number of nitrogens with zero attached hydrogens (tertiary/aromatic N) is 2. The zero-order valence-corrected chi connectivity index (χ0v) is 15.6. The second-order valence-corrected chi connectivity index (χ2v) is 9.30. The Morgan fingerprint density at radius 3 is 2.65 bits per heavy atom. The highest BCUT2D eigenvalue weighted by atomic mass is 32.2. The van der Waals surface area contributed by atoms with Crippen LogP contribution in [0.5, 0.6) is 0 Å². The van der Waals surface area contributed by atoms with Gasteiger partial charge < -0.3 is 4.57 Å². The summed E-state index contributed by atoms with van der Waals surface area (Å²) in [5, 5.41) is 1.75. The van der Waals surface area contributed by atoms with Crippen LogP contribution in [0, 0.1) is 0 Å². The summed E-state index contributed by atoms with van der Waals surface area (Å²) in [6.45, 7) is 6.98. The molecule has 2 aromatic heterocycles. The van der Waals surface area contributed by atoms with Crippen LogP contribution in [0.25, 0.3) is 10.2 Å². The Kier molecular flexibility index (Phi) is 4.44. The monoisotopic (exact) mass is 366 g/mol. The highest BCUT2D eigenvalue weighted by molar-refractivity contribution is 7.92. The van der Waals surface area contributed by atoms with Gasteiger partial charge in [0, 0.05) is 6.54 Å². The normalized spacial score (nSPS) is 13.3. The summed E-state index contributed by atoms with van der Waals surface area (Å²) < 4.78 is 32.2. The summed E-state index contributed by atoms with van der Waals surface area (Å²) in [7, 11) is -3.64. The van der Waals surface area contributed by atoms with Crippen molar-refractivity contribution in [2.75, 3.05) is 0 Å². The van der Waals surface area contributed by atoms with Crippen LogP contribution >= 0.6 is 22.7 Å². The lowest BCUT2D eigenvalue weighted by atomic mass is 10.0. The van der Waals surface area contributed by atoms with Gasteiger partial charge in [-0.05, 0) is 42.0 Å². The van der Waals surface area contributed by atoms with Crippen LogP contribution in [-0.4, -0.2) is 13.0 Å². The standard InChI is InChI=1S/C16H18N2O2S3/c1-4-18-13-8-7-12(11(2)3)10-14(13)22-16(18)17-23(19,20)15-6-5-9-21-15/h5-11H,4H2,1-3H3. The minimum Gasteiger partial charge on any atom is -0.316 e. The molecule has 0 amide bonds. The Morgan fingerprint density at radius 1 is 1.26 bits per heavy atom. The number of aromatic nitrogens is 1. The van der Waals surface area contributed by atoms with Gasteiger partial charge >= 0.3 is 0 Å². The number of rotatable bonds is 4. The molecule has 0 saturated heterocycles. The summed E-state index contributed by atoms with van der Waals surface area (Å²) >= 11 is 2.62. The van der Waals surface area contributed by atoms with E-state index in [1.54, 1.807) is 17.5 Å². The first-order valence-corrected chi connectivity index (χ1v) is 10.5.